The molecule has 0 aliphatic carbocycles. The molecule has 0 bridgehead atoms. The van der Waals surface area contributed by atoms with Crippen LogP contribution >= 0.6 is 23.2 Å². The van der Waals surface area contributed by atoms with E-state index in [1.807, 2.05) is 91.9 Å². The van der Waals surface area contributed by atoms with Crippen LogP contribution < -0.4 is 0 Å². The Balaban J connectivity index is 0.826. The van der Waals surface area contributed by atoms with E-state index in [9.17, 15) is 21.2 Å². The molecule has 0 radical (unpaired) electrons. The first-order chi connectivity index (χ1) is 37.6. The third-order valence-corrected chi connectivity index (χ3v) is 19.7. The lowest BCUT2D eigenvalue weighted by Crippen LogP contribution is -2.36. The summed E-state index contributed by atoms with van der Waals surface area (Å²) in [7, 11) is -8.00. The highest BCUT2D eigenvalue weighted by atomic mass is 35.5. The van der Waals surface area contributed by atoms with Gasteiger partial charge in [-0.15, -0.1) is 0 Å². The molecule has 398 valence electrons. The first-order valence-corrected chi connectivity index (χ1v) is 29.3. The fourth-order valence-corrected chi connectivity index (χ4v) is 15.3. The van der Waals surface area contributed by atoms with E-state index in [1.165, 1.54) is 56.1 Å². The van der Waals surface area contributed by atoms with Gasteiger partial charge in [0, 0.05) is 82.3 Å². The van der Waals surface area contributed by atoms with Crippen LogP contribution in [0.25, 0.3) is 33.2 Å². The summed E-state index contributed by atoms with van der Waals surface area (Å²) in [5.74, 6) is -0.861. The van der Waals surface area contributed by atoms with E-state index in [2.05, 4.69) is 15.3 Å². The highest BCUT2D eigenvalue weighted by molar-refractivity contribution is 7.89. The van der Waals surface area contributed by atoms with E-state index in [1.54, 1.807) is 50.8 Å². The molecule has 0 saturated carbocycles. The molecule has 78 heavy (non-hydrogen) atoms. The number of aromatic nitrogens is 8. The quantitative estimate of drug-likeness (QED) is 0.0929. The van der Waals surface area contributed by atoms with Crippen molar-refractivity contribution in [2.45, 2.75) is 72.7 Å². The molecular formula is C58H52Cl2F2N10O4S2. The van der Waals surface area contributed by atoms with E-state index in [0.717, 1.165) is 45.0 Å². The topological polar surface area (TPSA) is 146 Å². The molecule has 4 aromatic heterocycles. The van der Waals surface area contributed by atoms with Gasteiger partial charge in [-0.25, -0.2) is 35.0 Å². The van der Waals surface area contributed by atoms with Gasteiger partial charge in [0.25, 0.3) is 0 Å². The lowest BCUT2D eigenvalue weighted by atomic mass is 9.74. The van der Waals surface area contributed by atoms with E-state index in [4.69, 9.17) is 28.3 Å². The summed E-state index contributed by atoms with van der Waals surface area (Å²) < 4.78 is 96.3. The molecule has 10 aromatic rings. The predicted octanol–water partition coefficient (Wildman–Crippen LogP) is 11.0. The maximum absolute atomic E-state index is 15.3. The minimum atomic E-state index is -4.12. The fourth-order valence-electron chi connectivity index (χ4n) is 11.6. The van der Waals surface area contributed by atoms with Crippen molar-refractivity contribution in [2.75, 3.05) is 26.2 Å². The van der Waals surface area contributed by atoms with Gasteiger partial charge >= 0.3 is 0 Å². The molecule has 2 saturated heterocycles. The van der Waals surface area contributed by atoms with Gasteiger partial charge in [-0.2, -0.15) is 29.0 Å². The molecule has 2 fully saturated rings. The maximum atomic E-state index is 15.3. The number of benzene rings is 6. The van der Waals surface area contributed by atoms with Crippen LogP contribution in [0.4, 0.5) is 8.78 Å². The highest BCUT2D eigenvalue weighted by Gasteiger charge is 2.47. The molecular weight excluding hydrogens is 1070 g/mol. The van der Waals surface area contributed by atoms with Gasteiger partial charge in [0.15, 0.2) is 0 Å². The molecule has 2 aliphatic heterocycles. The standard InChI is InChI=1S/C58H52Cl2F2N10O4S2/c1-2-21-67-36-48(33-63-67)77(73,74)69-22-19-58(38-69,30-41-11-7-4-8-12-41)51-26-43-32-66-72(56(43)28-53(51)60)54-18-15-46(62)24-44(54)35-68-37-49(34-64-68)78(75,76)70-23-20-57(39-70,29-40-9-5-3-6-10-40)50-25-42-31-65-71(55(42)27-52(50)59)47-16-13-45(61)14-17-47/h3-18,24-28,31-34,36-37H,2,19-23,29-30,35,38-39H2,1H3. The number of rotatable bonds is 16. The van der Waals surface area contributed by atoms with E-state index >= 15 is 4.39 Å². The second-order valence-electron chi connectivity index (χ2n) is 20.5. The minimum Gasteiger partial charge on any atom is -0.271 e. The van der Waals surface area contributed by atoms with E-state index < -0.39 is 36.7 Å². The number of sulfonamides is 2. The van der Waals surface area contributed by atoms with Crippen LogP contribution in [0.15, 0.2) is 174 Å². The SMILES string of the molecule is CCCn1cc(S(=O)(=O)N2CCC(Cc3ccccc3)(c3cc4cnn(-c5ccc(F)cc5Cn5cc(S(=O)(=O)N6CCC(Cc7ccccc7)(c7cc8cnn(-c9ccc(F)cc9)c8cc7Cl)C6)cn5)c4cc3Cl)C2)cn1. The number of nitrogens with zero attached hydrogens (tertiary/aromatic N) is 10. The van der Waals surface area contributed by atoms with Crippen LogP contribution in [-0.4, -0.2) is 90.7 Å². The fraction of sp³-hybridized carbons (Fsp3) is 0.241. The number of hydrogen-bond donors (Lipinski definition) is 0. The average molecular weight is 1130 g/mol. The van der Waals surface area contributed by atoms with E-state index in [0.29, 0.717) is 64.7 Å². The molecule has 14 nitrogen and oxygen atoms in total. The molecule has 6 heterocycles. The summed E-state index contributed by atoms with van der Waals surface area (Å²) >= 11 is 14.5. The summed E-state index contributed by atoms with van der Waals surface area (Å²) in [4.78, 5) is 0.133. The normalized spacial score (nSPS) is 18.5. The Bertz CT molecular complexity index is 4120. The molecule has 2 unspecified atom stereocenters. The Morgan fingerprint density at radius 1 is 0.564 bits per heavy atom. The first kappa shape index (κ1) is 51.7. The van der Waals surface area contributed by atoms with Crippen LogP contribution in [0.1, 0.15) is 54.0 Å². The molecule has 2 aliphatic rings. The summed E-state index contributed by atoms with van der Waals surface area (Å²) in [5, 5.41) is 20.6. The summed E-state index contributed by atoms with van der Waals surface area (Å²) in [6.45, 7) is 3.43. The van der Waals surface area contributed by atoms with Crippen molar-refractivity contribution < 1.29 is 25.6 Å². The molecule has 0 amide bonds. The van der Waals surface area contributed by atoms with Crippen LogP contribution in [0.3, 0.4) is 0 Å². The van der Waals surface area contributed by atoms with Gasteiger partial charge in [-0.1, -0.05) is 90.8 Å². The van der Waals surface area contributed by atoms with Crippen molar-refractivity contribution in [3.8, 4) is 11.4 Å². The largest absolute Gasteiger partial charge is 0.271 e. The second kappa shape index (κ2) is 20.3. The maximum Gasteiger partial charge on any atom is 0.246 e. The summed E-state index contributed by atoms with van der Waals surface area (Å²) in [6, 6.07) is 37.9. The Hall–Kier alpha value is -7.06. The molecule has 12 rings (SSSR count). The number of hydrogen-bond acceptors (Lipinski definition) is 8. The van der Waals surface area contributed by atoms with Crippen LogP contribution in [-0.2, 0) is 56.8 Å². The Morgan fingerprint density at radius 3 is 1.62 bits per heavy atom. The molecule has 0 spiro atoms. The minimum absolute atomic E-state index is 0.00318. The molecule has 0 N–H and O–H groups in total. The van der Waals surface area contributed by atoms with Crippen LogP contribution in [0, 0.1) is 11.6 Å². The van der Waals surface area contributed by atoms with Gasteiger partial charge < -0.3 is 0 Å². The van der Waals surface area contributed by atoms with E-state index in [-0.39, 0.29) is 48.3 Å². The van der Waals surface area contributed by atoms with Crippen molar-refractivity contribution in [2.24, 2.45) is 0 Å². The second-order valence-corrected chi connectivity index (χ2v) is 25.2. The van der Waals surface area contributed by atoms with Crippen LogP contribution in [0.2, 0.25) is 10.0 Å². The molecule has 20 heteroatoms. The monoisotopic (exact) mass is 1120 g/mol. The van der Waals surface area contributed by atoms with Gasteiger partial charge in [-0.05, 0) is 121 Å². The van der Waals surface area contributed by atoms with Crippen molar-refractivity contribution in [1.29, 1.82) is 0 Å². The number of halogens is 4. The van der Waals surface area contributed by atoms with Gasteiger partial charge in [0.1, 0.15) is 21.4 Å². The zero-order chi connectivity index (χ0) is 54.0. The van der Waals surface area contributed by atoms with Crippen molar-refractivity contribution >= 4 is 65.1 Å². The molecule has 2 atom stereocenters. The lowest BCUT2D eigenvalue weighted by molar-refractivity contribution is 0.415. The number of aryl methyl sites for hydroxylation is 1. The first-order valence-electron chi connectivity index (χ1n) is 25.6. The van der Waals surface area contributed by atoms with Crippen molar-refractivity contribution in [3.63, 3.8) is 0 Å². The average Bonchev–Trinajstić information content (AvgIpc) is 4.50. The van der Waals surface area contributed by atoms with Gasteiger partial charge in [0.05, 0.1) is 53.7 Å². The van der Waals surface area contributed by atoms with Crippen molar-refractivity contribution in [3.05, 3.63) is 214 Å². The third-order valence-electron chi connectivity index (χ3n) is 15.5. The smallest absolute Gasteiger partial charge is 0.246 e. The Morgan fingerprint density at radius 2 is 1.06 bits per heavy atom. The predicted molar refractivity (Wildman–Crippen MR) is 296 cm³/mol. The van der Waals surface area contributed by atoms with Crippen LogP contribution in [0.5, 0.6) is 0 Å². The van der Waals surface area contributed by atoms with Gasteiger partial charge in [-0.3, -0.25) is 9.36 Å². The zero-order valence-electron chi connectivity index (χ0n) is 42.3. The summed E-state index contributed by atoms with van der Waals surface area (Å²) in [6.07, 6.45) is 12.1. The number of fused-ring (bicyclic) bond motifs is 2. The zero-order valence-corrected chi connectivity index (χ0v) is 45.4. The van der Waals surface area contributed by atoms with Crippen molar-refractivity contribution in [1.82, 2.24) is 47.7 Å². The Kier molecular flexibility index (Phi) is 13.5. The Labute approximate surface area is 460 Å². The lowest BCUT2D eigenvalue weighted by Gasteiger charge is -2.31. The summed E-state index contributed by atoms with van der Waals surface area (Å²) in [5.41, 5.74) is 5.26. The van der Waals surface area contributed by atoms with Gasteiger partial charge in [0.2, 0.25) is 20.0 Å². The highest BCUT2D eigenvalue weighted by Crippen LogP contribution is 2.46. The third kappa shape index (κ3) is 9.51. The molecule has 6 aromatic carbocycles.